The van der Waals surface area contributed by atoms with Crippen LogP contribution in [0.3, 0.4) is 0 Å². The Morgan fingerprint density at radius 1 is 1.14 bits per heavy atom. The molecule has 8 atom stereocenters. The summed E-state index contributed by atoms with van der Waals surface area (Å²) in [6, 6.07) is 0. The number of carbonyl (C=O) groups is 1. The van der Waals surface area contributed by atoms with Crippen LogP contribution >= 0.6 is 0 Å². The first-order chi connectivity index (χ1) is 10.8. The maximum Gasteiger partial charge on any atom is 0.306 e. The van der Waals surface area contributed by atoms with Crippen molar-refractivity contribution in [2.45, 2.75) is 31.8 Å². The molecule has 4 heteroatoms. The van der Waals surface area contributed by atoms with Crippen LogP contribution in [0.2, 0.25) is 0 Å². The number of hydrogen-bond acceptors (Lipinski definition) is 4. The van der Waals surface area contributed by atoms with Crippen molar-refractivity contribution in [2.24, 2.45) is 41.4 Å². The van der Waals surface area contributed by atoms with Crippen molar-refractivity contribution >= 4 is 5.97 Å². The molecule has 0 N–H and O–H groups in total. The fourth-order valence-electron chi connectivity index (χ4n) is 6.31. The van der Waals surface area contributed by atoms with Gasteiger partial charge in [0.15, 0.2) is 0 Å². The molecule has 8 unspecified atom stereocenters. The van der Waals surface area contributed by atoms with E-state index in [4.69, 9.17) is 14.2 Å². The average molecular weight is 304 g/mol. The lowest BCUT2D eigenvalue weighted by molar-refractivity contribution is -0.148. The minimum atomic E-state index is -0.0657. The van der Waals surface area contributed by atoms with Crippen LogP contribution in [0.5, 0.6) is 0 Å². The van der Waals surface area contributed by atoms with Crippen LogP contribution in [-0.4, -0.2) is 32.1 Å². The molecule has 22 heavy (non-hydrogen) atoms. The lowest BCUT2D eigenvalue weighted by atomic mass is 9.69. The predicted molar refractivity (Wildman–Crippen MR) is 78.7 cm³/mol. The number of carbonyl (C=O) groups excluding carboxylic acids is 1. The number of allylic oxidation sites excluding steroid dienone is 2. The van der Waals surface area contributed by atoms with Gasteiger partial charge >= 0.3 is 5.97 Å². The maximum atomic E-state index is 12.2. The van der Waals surface area contributed by atoms with E-state index in [2.05, 4.69) is 12.2 Å². The number of ether oxygens (including phenoxy) is 3. The van der Waals surface area contributed by atoms with E-state index >= 15 is 0 Å². The Labute approximate surface area is 131 Å². The summed E-state index contributed by atoms with van der Waals surface area (Å²) in [6.45, 7) is 1.22. The summed E-state index contributed by atoms with van der Waals surface area (Å²) in [7, 11) is 0. The van der Waals surface area contributed by atoms with Gasteiger partial charge in [-0.25, -0.2) is 0 Å². The highest BCUT2D eigenvalue weighted by Crippen LogP contribution is 2.67. The molecule has 0 radical (unpaired) electrons. The number of fused-ring (bicyclic) bond motifs is 9. The third-order valence-electron chi connectivity index (χ3n) is 6.96. The molecule has 0 aromatic carbocycles. The maximum absolute atomic E-state index is 12.2. The van der Waals surface area contributed by atoms with Crippen molar-refractivity contribution in [3.05, 3.63) is 12.2 Å². The van der Waals surface area contributed by atoms with Gasteiger partial charge in [-0.3, -0.25) is 4.79 Å². The summed E-state index contributed by atoms with van der Waals surface area (Å²) in [5.41, 5.74) is 0. The molecule has 0 aromatic heterocycles. The lowest BCUT2D eigenvalue weighted by Crippen LogP contribution is -2.32. The third kappa shape index (κ3) is 2.00. The highest BCUT2D eigenvalue weighted by molar-refractivity contribution is 5.69. The van der Waals surface area contributed by atoms with E-state index in [0.717, 1.165) is 35.5 Å². The first-order valence-corrected chi connectivity index (χ1v) is 8.83. The molecule has 1 heterocycles. The Balaban J connectivity index is 1.18. The molecule has 4 nitrogen and oxygen atoms in total. The molecule has 1 saturated heterocycles. The average Bonchev–Trinajstić information content (AvgIpc) is 3.27. The zero-order chi connectivity index (χ0) is 14.7. The topological polar surface area (TPSA) is 44.8 Å². The van der Waals surface area contributed by atoms with E-state index in [1.165, 1.54) is 19.3 Å². The van der Waals surface area contributed by atoms with Gasteiger partial charge in [0, 0.05) is 6.42 Å². The summed E-state index contributed by atoms with van der Waals surface area (Å²) in [5, 5.41) is 0. The second kappa shape index (κ2) is 5.07. The normalized spacial score (nSPS) is 50.7. The second-order valence-electron chi connectivity index (χ2n) is 7.92. The molecule has 0 spiro atoms. The van der Waals surface area contributed by atoms with E-state index < -0.39 is 0 Å². The van der Waals surface area contributed by atoms with Crippen LogP contribution in [-0.2, 0) is 19.0 Å². The standard InChI is InChI=1S/C18H24O4/c19-16(21-8-14-7-20-9-22-14)6-12-4-13-5-15(12)18-11-2-1-10(3-11)17(13)18/h1-2,10-15,17-18H,3-9H2. The van der Waals surface area contributed by atoms with E-state index in [-0.39, 0.29) is 12.1 Å². The summed E-state index contributed by atoms with van der Waals surface area (Å²) < 4.78 is 15.8. The van der Waals surface area contributed by atoms with E-state index in [1.54, 1.807) is 0 Å². The Morgan fingerprint density at radius 3 is 2.82 bits per heavy atom. The highest BCUT2D eigenvalue weighted by Gasteiger charge is 2.60. The number of rotatable bonds is 4. The summed E-state index contributed by atoms with van der Waals surface area (Å²) in [5.74, 6) is 5.66. The van der Waals surface area contributed by atoms with Crippen LogP contribution in [0.15, 0.2) is 12.2 Å². The van der Waals surface area contributed by atoms with Crippen molar-refractivity contribution < 1.29 is 19.0 Å². The molecule has 3 saturated carbocycles. The molecule has 0 aromatic rings. The van der Waals surface area contributed by atoms with Gasteiger partial charge in [0.1, 0.15) is 19.5 Å². The summed E-state index contributed by atoms with van der Waals surface area (Å²) in [6.07, 6.45) is 9.47. The molecule has 120 valence electrons. The summed E-state index contributed by atoms with van der Waals surface area (Å²) in [4.78, 5) is 12.2. The minimum absolute atomic E-state index is 0.0386. The zero-order valence-electron chi connectivity index (χ0n) is 12.9. The van der Waals surface area contributed by atoms with Crippen LogP contribution in [0, 0.1) is 41.4 Å². The summed E-state index contributed by atoms with van der Waals surface area (Å²) >= 11 is 0. The SMILES string of the molecule is O=C(CC1CC2CC1C1C3C=CC(C3)C21)OCC1COCO1. The Kier molecular flexibility index (Phi) is 3.12. The van der Waals surface area contributed by atoms with Gasteiger partial charge in [-0.1, -0.05) is 12.2 Å². The monoisotopic (exact) mass is 304 g/mol. The van der Waals surface area contributed by atoms with Crippen molar-refractivity contribution in [2.75, 3.05) is 20.0 Å². The quantitative estimate of drug-likeness (QED) is 0.454. The van der Waals surface area contributed by atoms with Gasteiger partial charge in [-0.15, -0.1) is 0 Å². The highest BCUT2D eigenvalue weighted by atomic mass is 16.7. The van der Waals surface area contributed by atoms with Crippen molar-refractivity contribution in [3.8, 4) is 0 Å². The Morgan fingerprint density at radius 2 is 2.00 bits per heavy atom. The van der Waals surface area contributed by atoms with E-state index in [1.807, 2.05) is 0 Å². The van der Waals surface area contributed by atoms with Gasteiger partial charge in [-0.2, -0.15) is 0 Å². The van der Waals surface area contributed by atoms with Crippen LogP contribution in [0.4, 0.5) is 0 Å². The van der Waals surface area contributed by atoms with Gasteiger partial charge in [0.2, 0.25) is 0 Å². The van der Waals surface area contributed by atoms with Crippen LogP contribution < -0.4 is 0 Å². The molecule has 0 amide bonds. The molecule has 5 aliphatic rings. The zero-order valence-corrected chi connectivity index (χ0v) is 12.9. The lowest BCUT2D eigenvalue weighted by Gasteiger charge is -2.36. The van der Waals surface area contributed by atoms with Crippen LogP contribution in [0.1, 0.15) is 25.7 Å². The number of hydrogen-bond donors (Lipinski definition) is 0. The molecule has 1 aliphatic heterocycles. The Hall–Kier alpha value is -0.870. The van der Waals surface area contributed by atoms with Crippen molar-refractivity contribution in [1.82, 2.24) is 0 Å². The van der Waals surface area contributed by atoms with Gasteiger partial charge in [-0.05, 0) is 60.7 Å². The molecular formula is C18H24O4. The Bertz CT molecular complexity index is 495. The predicted octanol–water partition coefficient (Wildman–Crippen LogP) is 2.39. The number of esters is 1. The largest absolute Gasteiger partial charge is 0.463 e. The minimum Gasteiger partial charge on any atom is -0.463 e. The first-order valence-electron chi connectivity index (χ1n) is 8.83. The van der Waals surface area contributed by atoms with Gasteiger partial charge < -0.3 is 14.2 Å². The van der Waals surface area contributed by atoms with Gasteiger partial charge in [0.05, 0.1) is 6.61 Å². The van der Waals surface area contributed by atoms with Crippen molar-refractivity contribution in [3.63, 3.8) is 0 Å². The van der Waals surface area contributed by atoms with E-state index in [0.29, 0.717) is 32.3 Å². The molecule has 4 bridgehead atoms. The van der Waals surface area contributed by atoms with Gasteiger partial charge in [0.25, 0.3) is 0 Å². The third-order valence-corrected chi connectivity index (χ3v) is 6.96. The second-order valence-corrected chi connectivity index (χ2v) is 7.92. The molecular weight excluding hydrogens is 280 g/mol. The molecule has 4 fully saturated rings. The van der Waals surface area contributed by atoms with Crippen LogP contribution in [0.25, 0.3) is 0 Å². The molecule has 5 rings (SSSR count). The fraction of sp³-hybridized carbons (Fsp3) is 0.833. The first kappa shape index (κ1) is 13.6. The smallest absolute Gasteiger partial charge is 0.306 e. The fourth-order valence-corrected chi connectivity index (χ4v) is 6.31. The van der Waals surface area contributed by atoms with E-state index in [9.17, 15) is 4.79 Å². The van der Waals surface area contributed by atoms with Crippen molar-refractivity contribution in [1.29, 1.82) is 0 Å². The molecule has 4 aliphatic carbocycles.